The summed E-state index contributed by atoms with van der Waals surface area (Å²) in [6.07, 6.45) is 2.11. The van der Waals surface area contributed by atoms with E-state index in [-0.39, 0.29) is 5.91 Å². The third-order valence-corrected chi connectivity index (χ3v) is 3.26. The lowest BCUT2D eigenvalue weighted by Gasteiger charge is -2.14. The van der Waals surface area contributed by atoms with Gasteiger partial charge in [-0.2, -0.15) is 0 Å². The van der Waals surface area contributed by atoms with E-state index in [4.69, 9.17) is 5.11 Å². The molecule has 1 atom stereocenters. The first-order chi connectivity index (χ1) is 9.11. The Hall–Kier alpha value is -2.04. The molecule has 0 unspecified atom stereocenters. The molecule has 5 nitrogen and oxygen atoms in total. The number of carbonyl (C=O) groups is 2. The van der Waals surface area contributed by atoms with Crippen molar-refractivity contribution >= 4 is 17.6 Å². The summed E-state index contributed by atoms with van der Waals surface area (Å²) in [6, 6.07) is 4.62. The highest BCUT2D eigenvalue weighted by Crippen LogP contribution is 2.23. The lowest BCUT2D eigenvalue weighted by atomic mass is 10.1. The van der Waals surface area contributed by atoms with Crippen molar-refractivity contribution in [2.75, 3.05) is 11.9 Å². The molecule has 1 aromatic carbocycles. The van der Waals surface area contributed by atoms with Gasteiger partial charge >= 0.3 is 5.97 Å². The quantitative estimate of drug-likeness (QED) is 0.753. The largest absolute Gasteiger partial charge is 0.480 e. The number of fused-ring (bicyclic) bond motifs is 1. The van der Waals surface area contributed by atoms with E-state index >= 15 is 0 Å². The third kappa shape index (κ3) is 3.05. The Bertz CT molecular complexity index is 499. The van der Waals surface area contributed by atoms with Crippen LogP contribution < -0.4 is 10.6 Å². The van der Waals surface area contributed by atoms with Crippen molar-refractivity contribution in [2.45, 2.75) is 32.2 Å². The molecule has 1 aliphatic rings. The predicted molar refractivity (Wildman–Crippen MR) is 72.4 cm³/mol. The highest BCUT2D eigenvalue weighted by molar-refractivity contribution is 5.97. The normalized spacial score (nSPS) is 14.4. The van der Waals surface area contributed by atoms with Gasteiger partial charge in [0.25, 0.3) is 5.91 Å². The fraction of sp³-hybridized carbons (Fsp3) is 0.429. The van der Waals surface area contributed by atoms with Crippen LogP contribution in [0.4, 0.5) is 5.69 Å². The van der Waals surface area contributed by atoms with Crippen molar-refractivity contribution in [2.24, 2.45) is 0 Å². The van der Waals surface area contributed by atoms with E-state index in [1.807, 2.05) is 13.0 Å². The Morgan fingerprint density at radius 1 is 1.47 bits per heavy atom. The SMILES string of the molecule is CCC[C@@H](NC(=O)c1ccc2c(c1)NCC2)C(=O)O. The van der Waals surface area contributed by atoms with Crippen molar-refractivity contribution < 1.29 is 14.7 Å². The molecule has 0 aliphatic carbocycles. The van der Waals surface area contributed by atoms with E-state index in [0.717, 1.165) is 18.7 Å². The smallest absolute Gasteiger partial charge is 0.326 e. The van der Waals surface area contributed by atoms with Gasteiger partial charge in [0.15, 0.2) is 0 Å². The zero-order chi connectivity index (χ0) is 13.8. The Labute approximate surface area is 112 Å². The molecule has 5 heteroatoms. The van der Waals surface area contributed by atoms with Crippen molar-refractivity contribution in [3.63, 3.8) is 0 Å². The molecule has 0 saturated heterocycles. The lowest BCUT2D eigenvalue weighted by molar-refractivity contribution is -0.139. The lowest BCUT2D eigenvalue weighted by Crippen LogP contribution is -2.40. The van der Waals surface area contributed by atoms with Gasteiger partial charge in [-0.1, -0.05) is 19.4 Å². The van der Waals surface area contributed by atoms with Crippen LogP contribution in [0.3, 0.4) is 0 Å². The first-order valence-electron chi connectivity index (χ1n) is 6.52. The van der Waals surface area contributed by atoms with Crippen molar-refractivity contribution in [3.8, 4) is 0 Å². The molecule has 1 aromatic rings. The molecular weight excluding hydrogens is 244 g/mol. The number of aliphatic carboxylic acids is 1. The molecule has 2 rings (SSSR count). The van der Waals surface area contributed by atoms with Crippen LogP contribution in [0, 0.1) is 0 Å². The van der Waals surface area contributed by atoms with Crippen LogP contribution in [-0.2, 0) is 11.2 Å². The number of carboxylic acids is 1. The van der Waals surface area contributed by atoms with Crippen LogP contribution in [0.25, 0.3) is 0 Å². The Kier molecular flexibility index (Phi) is 4.04. The Balaban J connectivity index is 2.09. The molecule has 19 heavy (non-hydrogen) atoms. The first-order valence-corrected chi connectivity index (χ1v) is 6.52. The highest BCUT2D eigenvalue weighted by Gasteiger charge is 2.20. The average molecular weight is 262 g/mol. The molecule has 1 heterocycles. The summed E-state index contributed by atoms with van der Waals surface area (Å²) in [4.78, 5) is 23.0. The minimum atomic E-state index is -0.991. The number of amides is 1. The van der Waals surface area contributed by atoms with Gasteiger partial charge in [0.2, 0.25) is 0 Å². The average Bonchev–Trinajstić information content (AvgIpc) is 2.85. The molecule has 0 spiro atoms. The second kappa shape index (κ2) is 5.73. The van der Waals surface area contributed by atoms with Gasteiger partial charge in [-0.05, 0) is 30.5 Å². The molecule has 102 valence electrons. The van der Waals surface area contributed by atoms with Crippen LogP contribution in [-0.4, -0.2) is 29.6 Å². The summed E-state index contributed by atoms with van der Waals surface area (Å²) in [5.41, 5.74) is 2.66. The van der Waals surface area contributed by atoms with E-state index in [2.05, 4.69) is 10.6 Å². The van der Waals surface area contributed by atoms with E-state index < -0.39 is 12.0 Å². The molecular formula is C14H18N2O3. The number of anilines is 1. The van der Waals surface area contributed by atoms with Gasteiger partial charge in [0.05, 0.1) is 0 Å². The third-order valence-electron chi connectivity index (χ3n) is 3.26. The topological polar surface area (TPSA) is 78.4 Å². The summed E-state index contributed by atoms with van der Waals surface area (Å²) < 4.78 is 0. The van der Waals surface area contributed by atoms with Crippen LogP contribution in [0.15, 0.2) is 18.2 Å². The highest BCUT2D eigenvalue weighted by atomic mass is 16.4. The number of rotatable bonds is 5. The maximum atomic E-state index is 12.0. The Morgan fingerprint density at radius 2 is 2.26 bits per heavy atom. The molecule has 0 fully saturated rings. The second-order valence-corrected chi connectivity index (χ2v) is 4.70. The van der Waals surface area contributed by atoms with Crippen LogP contribution in [0.1, 0.15) is 35.7 Å². The summed E-state index contributed by atoms with van der Waals surface area (Å²) >= 11 is 0. The van der Waals surface area contributed by atoms with Crippen molar-refractivity contribution in [3.05, 3.63) is 29.3 Å². The zero-order valence-electron chi connectivity index (χ0n) is 10.9. The zero-order valence-corrected chi connectivity index (χ0v) is 10.9. The van der Waals surface area contributed by atoms with Gasteiger partial charge in [-0.15, -0.1) is 0 Å². The summed E-state index contributed by atoms with van der Waals surface area (Å²) in [5, 5.41) is 14.8. The van der Waals surface area contributed by atoms with Gasteiger partial charge in [-0.25, -0.2) is 4.79 Å². The van der Waals surface area contributed by atoms with E-state index in [1.165, 1.54) is 5.56 Å². The van der Waals surface area contributed by atoms with Gasteiger partial charge in [0, 0.05) is 17.8 Å². The molecule has 0 saturated carbocycles. The Morgan fingerprint density at radius 3 is 2.95 bits per heavy atom. The van der Waals surface area contributed by atoms with Crippen molar-refractivity contribution in [1.82, 2.24) is 5.32 Å². The molecule has 0 radical (unpaired) electrons. The number of hydrogen-bond acceptors (Lipinski definition) is 3. The summed E-state index contributed by atoms with van der Waals surface area (Å²) in [5.74, 6) is -1.33. The predicted octanol–water partition coefficient (Wildman–Crippen LogP) is 1.64. The maximum Gasteiger partial charge on any atom is 0.326 e. The fourth-order valence-corrected chi connectivity index (χ4v) is 2.22. The first kappa shape index (κ1) is 13.4. The van der Waals surface area contributed by atoms with Gasteiger partial charge in [0.1, 0.15) is 6.04 Å². The number of carbonyl (C=O) groups excluding carboxylic acids is 1. The van der Waals surface area contributed by atoms with Gasteiger partial charge in [-0.3, -0.25) is 4.79 Å². The summed E-state index contributed by atoms with van der Waals surface area (Å²) in [6.45, 7) is 2.77. The molecule has 1 aliphatic heterocycles. The second-order valence-electron chi connectivity index (χ2n) is 4.70. The summed E-state index contributed by atoms with van der Waals surface area (Å²) in [7, 11) is 0. The van der Waals surface area contributed by atoms with Gasteiger partial charge < -0.3 is 15.7 Å². The minimum Gasteiger partial charge on any atom is -0.480 e. The molecule has 0 aromatic heterocycles. The maximum absolute atomic E-state index is 12.0. The molecule has 0 bridgehead atoms. The van der Waals surface area contributed by atoms with Crippen LogP contribution >= 0.6 is 0 Å². The minimum absolute atomic E-state index is 0.336. The number of hydrogen-bond donors (Lipinski definition) is 3. The number of benzene rings is 1. The standard InChI is InChI=1S/C14H18N2O3/c1-2-3-11(14(18)19)16-13(17)10-5-4-9-6-7-15-12(9)8-10/h4-5,8,11,15H,2-3,6-7H2,1H3,(H,16,17)(H,18,19)/t11-/m1/s1. The van der Waals surface area contributed by atoms with Crippen LogP contribution in [0.5, 0.6) is 0 Å². The molecule has 1 amide bonds. The van der Waals surface area contributed by atoms with E-state index in [9.17, 15) is 9.59 Å². The number of carboxylic acid groups (broad SMARTS) is 1. The molecule has 3 N–H and O–H groups in total. The van der Waals surface area contributed by atoms with E-state index in [0.29, 0.717) is 18.4 Å². The van der Waals surface area contributed by atoms with Crippen LogP contribution in [0.2, 0.25) is 0 Å². The van der Waals surface area contributed by atoms with E-state index in [1.54, 1.807) is 12.1 Å². The fourth-order valence-electron chi connectivity index (χ4n) is 2.22. The monoisotopic (exact) mass is 262 g/mol. The number of nitrogens with one attached hydrogen (secondary N) is 2. The van der Waals surface area contributed by atoms with Crippen molar-refractivity contribution in [1.29, 1.82) is 0 Å².